The molecule has 1 aliphatic heterocycles. The van der Waals surface area contributed by atoms with Crippen molar-refractivity contribution >= 4 is 5.91 Å². The van der Waals surface area contributed by atoms with Gasteiger partial charge in [-0.2, -0.15) is 18.3 Å². The maximum Gasteiger partial charge on any atom is 0.416 e. The van der Waals surface area contributed by atoms with Gasteiger partial charge in [-0.25, -0.2) is 4.68 Å². The summed E-state index contributed by atoms with van der Waals surface area (Å²) >= 11 is 0. The van der Waals surface area contributed by atoms with Crippen LogP contribution in [0.5, 0.6) is 5.75 Å². The third-order valence-corrected chi connectivity index (χ3v) is 6.97. The molecule has 0 bridgehead atoms. The van der Waals surface area contributed by atoms with Gasteiger partial charge in [0.1, 0.15) is 5.75 Å². The number of carbonyl (C=O) groups excluding carboxylic acids is 1. The van der Waals surface area contributed by atoms with Crippen LogP contribution in [0, 0.1) is 0 Å². The van der Waals surface area contributed by atoms with E-state index in [-0.39, 0.29) is 17.9 Å². The highest BCUT2D eigenvalue weighted by atomic mass is 19.4. The van der Waals surface area contributed by atoms with Crippen LogP contribution in [0.2, 0.25) is 0 Å². The van der Waals surface area contributed by atoms with E-state index in [0.29, 0.717) is 23.5 Å². The van der Waals surface area contributed by atoms with Crippen LogP contribution < -0.4 is 10.1 Å². The number of ether oxygens (including phenoxy) is 1. The first kappa shape index (κ1) is 24.4. The van der Waals surface area contributed by atoms with E-state index in [9.17, 15) is 18.0 Å². The number of hydrogen-bond acceptors (Lipinski definition) is 4. The maximum atomic E-state index is 13.3. The van der Waals surface area contributed by atoms with E-state index < -0.39 is 11.7 Å². The van der Waals surface area contributed by atoms with Crippen molar-refractivity contribution in [1.29, 1.82) is 0 Å². The number of rotatable bonds is 8. The first-order valence-electron chi connectivity index (χ1n) is 12.3. The van der Waals surface area contributed by atoms with Gasteiger partial charge < -0.3 is 10.1 Å². The second-order valence-corrected chi connectivity index (χ2v) is 9.42. The molecule has 0 radical (unpaired) electrons. The van der Waals surface area contributed by atoms with Gasteiger partial charge in [-0.3, -0.25) is 9.69 Å². The lowest BCUT2D eigenvalue weighted by molar-refractivity contribution is -0.137. The molecule has 1 atom stereocenters. The lowest BCUT2D eigenvalue weighted by Crippen LogP contribution is -2.37. The van der Waals surface area contributed by atoms with Crippen molar-refractivity contribution in [2.75, 3.05) is 26.7 Å². The number of nitrogens with zero attached hydrogens (tertiary/aromatic N) is 3. The Morgan fingerprint density at radius 3 is 2.50 bits per heavy atom. The molecule has 5 rings (SSSR count). The van der Waals surface area contributed by atoms with Crippen molar-refractivity contribution in [3.8, 4) is 11.4 Å². The smallest absolute Gasteiger partial charge is 0.416 e. The number of halogens is 3. The number of aromatic nitrogens is 2. The van der Waals surface area contributed by atoms with Crippen molar-refractivity contribution in [2.24, 2.45) is 0 Å². The Labute approximate surface area is 208 Å². The Kier molecular flexibility index (Phi) is 6.75. The number of nitrogens with one attached hydrogen (secondary N) is 1. The molecule has 0 spiro atoms. The van der Waals surface area contributed by atoms with Crippen LogP contribution >= 0.6 is 0 Å². The minimum atomic E-state index is -4.45. The minimum absolute atomic E-state index is 0.0187. The van der Waals surface area contributed by atoms with Crippen LogP contribution in [0.15, 0.2) is 54.7 Å². The highest BCUT2D eigenvalue weighted by Crippen LogP contribution is 2.43. The van der Waals surface area contributed by atoms with E-state index in [2.05, 4.69) is 15.3 Å². The van der Waals surface area contributed by atoms with Gasteiger partial charge in [0.25, 0.3) is 5.91 Å². The molecule has 2 heterocycles. The fourth-order valence-corrected chi connectivity index (χ4v) is 4.92. The van der Waals surface area contributed by atoms with Crippen molar-refractivity contribution in [1.82, 2.24) is 20.0 Å². The summed E-state index contributed by atoms with van der Waals surface area (Å²) in [4.78, 5) is 15.7. The summed E-state index contributed by atoms with van der Waals surface area (Å²) in [5.41, 5.74) is 1.76. The Morgan fingerprint density at radius 2 is 1.86 bits per heavy atom. The van der Waals surface area contributed by atoms with Gasteiger partial charge >= 0.3 is 6.18 Å². The average molecular weight is 499 g/mol. The fraction of sp³-hybridized carbons (Fsp3) is 0.407. The minimum Gasteiger partial charge on any atom is -0.497 e. The molecule has 9 heteroatoms. The van der Waals surface area contributed by atoms with Crippen LogP contribution in [0.4, 0.5) is 13.2 Å². The Hall–Kier alpha value is -3.33. The predicted octanol–water partition coefficient (Wildman–Crippen LogP) is 5.34. The van der Waals surface area contributed by atoms with Crippen LogP contribution in [-0.2, 0) is 6.18 Å². The third-order valence-electron chi connectivity index (χ3n) is 6.97. The topological polar surface area (TPSA) is 59.4 Å². The summed E-state index contributed by atoms with van der Waals surface area (Å²) in [5.74, 6) is 0.630. The van der Waals surface area contributed by atoms with Crippen LogP contribution in [0.1, 0.15) is 64.8 Å². The van der Waals surface area contributed by atoms with E-state index >= 15 is 0 Å². The number of benzene rings is 2. The zero-order valence-electron chi connectivity index (χ0n) is 20.1. The zero-order chi connectivity index (χ0) is 25.3. The number of hydrogen-bond donors (Lipinski definition) is 1. The summed E-state index contributed by atoms with van der Waals surface area (Å²) < 4.78 is 46.6. The van der Waals surface area contributed by atoms with Crippen molar-refractivity contribution < 1.29 is 22.7 Å². The van der Waals surface area contributed by atoms with Gasteiger partial charge in [0, 0.05) is 12.5 Å². The molecule has 3 aromatic rings. The largest absolute Gasteiger partial charge is 0.497 e. The number of methoxy groups -OCH3 is 1. The highest BCUT2D eigenvalue weighted by molar-refractivity contribution is 5.95. The Balaban J connectivity index is 1.38. The highest BCUT2D eigenvalue weighted by Gasteiger charge is 2.35. The van der Waals surface area contributed by atoms with E-state index in [1.54, 1.807) is 13.2 Å². The zero-order valence-corrected chi connectivity index (χ0v) is 20.1. The summed E-state index contributed by atoms with van der Waals surface area (Å²) in [7, 11) is 1.63. The summed E-state index contributed by atoms with van der Waals surface area (Å²) in [6.45, 7) is 2.35. The Bertz CT molecular complexity index is 1210. The predicted molar refractivity (Wildman–Crippen MR) is 129 cm³/mol. The second-order valence-electron chi connectivity index (χ2n) is 9.42. The van der Waals surface area contributed by atoms with Crippen molar-refractivity contribution in [3.05, 3.63) is 77.1 Å². The molecule has 1 saturated carbocycles. The van der Waals surface area contributed by atoms with E-state index in [1.807, 2.05) is 24.3 Å². The summed E-state index contributed by atoms with van der Waals surface area (Å²) in [6, 6.07) is 13.0. The first-order chi connectivity index (χ1) is 17.3. The maximum absolute atomic E-state index is 13.3. The molecule has 1 saturated heterocycles. The molecule has 1 N–H and O–H groups in total. The van der Waals surface area contributed by atoms with E-state index in [4.69, 9.17) is 4.74 Å². The number of carbonyl (C=O) groups is 1. The van der Waals surface area contributed by atoms with Gasteiger partial charge in [-0.15, -0.1) is 0 Å². The molecule has 1 aromatic heterocycles. The SMILES string of the molecule is COc1ccc(C(CNC(=O)c2cnn(-c3cccc(C(F)(F)F)c3)c2C2CC2)N2CCCC2)cc1. The molecule has 6 nitrogen and oxygen atoms in total. The van der Waals surface area contributed by atoms with Gasteiger partial charge in [0.2, 0.25) is 0 Å². The lowest BCUT2D eigenvalue weighted by atomic mass is 10.0. The number of likely N-dealkylation sites (tertiary alicyclic amines) is 1. The number of amides is 1. The Morgan fingerprint density at radius 1 is 1.14 bits per heavy atom. The van der Waals surface area contributed by atoms with Crippen molar-refractivity contribution in [2.45, 2.75) is 43.8 Å². The monoisotopic (exact) mass is 498 g/mol. The van der Waals surface area contributed by atoms with Crippen LogP contribution in [-0.4, -0.2) is 47.3 Å². The van der Waals surface area contributed by atoms with E-state index in [0.717, 1.165) is 62.2 Å². The molecule has 1 aliphatic carbocycles. The molecule has 2 aliphatic rings. The second kappa shape index (κ2) is 9.97. The molecule has 2 aromatic carbocycles. The number of alkyl halides is 3. The standard InChI is InChI=1S/C27H29F3N4O2/c1-36-22-11-9-18(10-12-22)24(33-13-2-3-14-33)17-31-26(35)23-16-32-34(25(23)19-7-8-19)21-6-4-5-20(15-21)27(28,29)30/h4-6,9-12,15-16,19,24H,2-3,7-8,13-14,17H2,1H3,(H,31,35). The van der Waals surface area contributed by atoms with Gasteiger partial charge in [-0.1, -0.05) is 18.2 Å². The van der Waals surface area contributed by atoms with Crippen molar-refractivity contribution in [3.63, 3.8) is 0 Å². The molecule has 1 amide bonds. The van der Waals surface area contributed by atoms with Gasteiger partial charge in [0.05, 0.1) is 41.9 Å². The molecule has 2 fully saturated rings. The first-order valence-corrected chi connectivity index (χ1v) is 12.3. The normalized spacial score (nSPS) is 17.2. The summed E-state index contributed by atoms with van der Waals surface area (Å²) in [5, 5.41) is 7.42. The lowest BCUT2D eigenvalue weighted by Gasteiger charge is -2.28. The third kappa shape index (κ3) is 5.11. The molecule has 190 valence electrons. The van der Waals surface area contributed by atoms with Crippen LogP contribution in [0.3, 0.4) is 0 Å². The van der Waals surface area contributed by atoms with E-state index in [1.165, 1.54) is 16.9 Å². The van der Waals surface area contributed by atoms with Crippen LogP contribution in [0.25, 0.3) is 5.69 Å². The van der Waals surface area contributed by atoms with Gasteiger partial charge in [-0.05, 0) is 74.7 Å². The average Bonchev–Trinajstić information content (AvgIpc) is 3.38. The summed E-state index contributed by atoms with van der Waals surface area (Å²) in [6.07, 6.45) is 1.03. The quantitative estimate of drug-likeness (QED) is 0.455. The fourth-order valence-electron chi connectivity index (χ4n) is 4.92. The molecule has 1 unspecified atom stereocenters. The van der Waals surface area contributed by atoms with Gasteiger partial charge in [0.15, 0.2) is 0 Å². The molecular formula is C27H29F3N4O2. The molecular weight excluding hydrogens is 469 g/mol. The molecule has 36 heavy (non-hydrogen) atoms.